The summed E-state index contributed by atoms with van der Waals surface area (Å²) in [5.41, 5.74) is 1.36. The smallest absolute Gasteiger partial charge is 0.408 e. The van der Waals surface area contributed by atoms with E-state index in [4.69, 9.17) is 16.3 Å². The van der Waals surface area contributed by atoms with Crippen LogP contribution < -0.4 is 20.9 Å². The molecule has 0 spiro atoms. The van der Waals surface area contributed by atoms with E-state index in [1.807, 2.05) is 51.1 Å². The molecule has 0 aromatic heterocycles. The van der Waals surface area contributed by atoms with Crippen LogP contribution in [0.1, 0.15) is 26.3 Å². The fourth-order valence-corrected chi connectivity index (χ4v) is 3.53. The summed E-state index contributed by atoms with van der Waals surface area (Å²) in [6.45, 7) is 5.51. The lowest BCUT2D eigenvalue weighted by Gasteiger charge is -2.27. The highest BCUT2D eigenvalue weighted by molar-refractivity contribution is 6.34. The number of amides is 3. The first kappa shape index (κ1) is 23.4. The second kappa shape index (κ2) is 9.91. The highest BCUT2D eigenvalue weighted by Crippen LogP contribution is 2.35. The summed E-state index contributed by atoms with van der Waals surface area (Å²) in [6.07, 6.45) is -0.731. The van der Waals surface area contributed by atoms with Gasteiger partial charge in [-0.3, -0.25) is 14.5 Å². The van der Waals surface area contributed by atoms with Crippen molar-refractivity contribution in [2.75, 3.05) is 23.3 Å². The summed E-state index contributed by atoms with van der Waals surface area (Å²) < 4.78 is 5.25. The number of nitrogens with one attached hydrogen (secondary N) is 3. The molecule has 32 heavy (non-hydrogen) atoms. The Morgan fingerprint density at radius 1 is 1.16 bits per heavy atom. The molecule has 0 unspecified atom stereocenters. The van der Waals surface area contributed by atoms with Crippen LogP contribution in [0.25, 0.3) is 0 Å². The van der Waals surface area contributed by atoms with Crippen molar-refractivity contribution in [2.24, 2.45) is 0 Å². The molecule has 0 fully saturated rings. The largest absolute Gasteiger partial charge is 0.445 e. The molecule has 0 aliphatic carbocycles. The van der Waals surface area contributed by atoms with E-state index in [0.29, 0.717) is 16.4 Å². The molecule has 9 heteroatoms. The van der Waals surface area contributed by atoms with Gasteiger partial charge >= 0.3 is 6.09 Å². The molecule has 1 heterocycles. The van der Waals surface area contributed by atoms with Gasteiger partial charge in [-0.05, 0) is 38.5 Å². The number of nitrogens with zero attached hydrogens (tertiary/aromatic N) is 1. The van der Waals surface area contributed by atoms with Gasteiger partial charge in [-0.2, -0.15) is 0 Å². The van der Waals surface area contributed by atoms with Crippen LogP contribution in [0.5, 0.6) is 0 Å². The maximum atomic E-state index is 13.3. The average molecular weight is 459 g/mol. The van der Waals surface area contributed by atoms with Crippen LogP contribution >= 0.6 is 11.6 Å². The van der Waals surface area contributed by atoms with Gasteiger partial charge in [0, 0.05) is 12.1 Å². The number of hydrogen-bond donors (Lipinski definition) is 3. The highest BCUT2D eigenvalue weighted by atomic mass is 35.5. The predicted molar refractivity (Wildman–Crippen MR) is 124 cm³/mol. The lowest BCUT2D eigenvalue weighted by atomic mass is 10.1. The molecule has 0 saturated carbocycles. The molecule has 8 nitrogen and oxygen atoms in total. The molecular formula is C23H27ClN4O4. The van der Waals surface area contributed by atoms with E-state index in [1.54, 1.807) is 18.2 Å². The van der Waals surface area contributed by atoms with Crippen molar-refractivity contribution < 1.29 is 19.1 Å². The van der Waals surface area contributed by atoms with Crippen LogP contribution in [0.4, 0.5) is 16.2 Å². The Labute approximate surface area is 192 Å². The molecule has 170 valence electrons. The van der Waals surface area contributed by atoms with Crippen molar-refractivity contribution in [1.82, 2.24) is 10.6 Å². The fourth-order valence-electron chi connectivity index (χ4n) is 3.30. The van der Waals surface area contributed by atoms with Crippen LogP contribution in [-0.4, -0.2) is 42.6 Å². The number of halogens is 1. The molecule has 0 radical (unpaired) electrons. The normalized spacial score (nSPS) is 15.8. The maximum absolute atomic E-state index is 13.3. The van der Waals surface area contributed by atoms with Gasteiger partial charge in [-0.15, -0.1) is 0 Å². The van der Waals surface area contributed by atoms with E-state index in [-0.39, 0.29) is 25.6 Å². The number of anilines is 2. The zero-order chi connectivity index (χ0) is 23.3. The first-order valence-corrected chi connectivity index (χ1v) is 10.6. The van der Waals surface area contributed by atoms with E-state index in [2.05, 4.69) is 16.0 Å². The molecule has 0 bridgehead atoms. The molecule has 0 saturated heterocycles. The lowest BCUT2D eigenvalue weighted by molar-refractivity contribution is -0.125. The molecule has 3 rings (SSSR count). The maximum Gasteiger partial charge on any atom is 0.408 e. The second-order valence-corrected chi connectivity index (χ2v) is 8.90. The van der Waals surface area contributed by atoms with Crippen molar-refractivity contribution in [2.45, 2.75) is 39.0 Å². The number of carbonyl (C=O) groups is 3. The molecular weight excluding hydrogens is 432 g/mol. The zero-order valence-corrected chi connectivity index (χ0v) is 19.0. The average Bonchev–Trinajstić information content (AvgIpc) is 2.85. The summed E-state index contributed by atoms with van der Waals surface area (Å²) in [4.78, 5) is 39.6. The Morgan fingerprint density at radius 2 is 1.88 bits per heavy atom. The Kier molecular flexibility index (Phi) is 7.25. The van der Waals surface area contributed by atoms with Gasteiger partial charge in [-0.25, -0.2) is 4.79 Å². The van der Waals surface area contributed by atoms with Gasteiger partial charge in [-0.1, -0.05) is 48.0 Å². The van der Waals surface area contributed by atoms with E-state index >= 15 is 0 Å². The van der Waals surface area contributed by atoms with Gasteiger partial charge in [0.25, 0.3) is 5.91 Å². The topological polar surface area (TPSA) is 99.8 Å². The van der Waals surface area contributed by atoms with Crippen LogP contribution in [0.3, 0.4) is 0 Å². The number of benzene rings is 2. The molecule has 1 atom stereocenters. The predicted octanol–water partition coefficient (Wildman–Crippen LogP) is 3.31. The van der Waals surface area contributed by atoms with Crippen LogP contribution in [0.2, 0.25) is 5.02 Å². The Morgan fingerprint density at radius 3 is 2.56 bits per heavy atom. The number of para-hydroxylation sites is 1. The number of fused-ring (bicyclic) bond motifs is 1. The summed E-state index contributed by atoms with van der Waals surface area (Å²) in [5.74, 6) is -0.775. The Balaban J connectivity index is 1.76. The minimum absolute atomic E-state index is 0.0742. The van der Waals surface area contributed by atoms with Gasteiger partial charge in [0.15, 0.2) is 0 Å². The minimum atomic E-state index is -0.954. The Hall–Kier alpha value is -3.26. The number of alkyl carbamates (subject to hydrolysis) is 1. The third kappa shape index (κ3) is 6.13. The van der Waals surface area contributed by atoms with E-state index in [1.165, 1.54) is 4.90 Å². The van der Waals surface area contributed by atoms with Crippen molar-refractivity contribution in [3.8, 4) is 0 Å². The zero-order valence-electron chi connectivity index (χ0n) is 18.3. The van der Waals surface area contributed by atoms with Gasteiger partial charge in [0.1, 0.15) is 19.2 Å². The third-order valence-corrected chi connectivity index (χ3v) is 4.97. The summed E-state index contributed by atoms with van der Waals surface area (Å²) in [7, 11) is 0. The molecule has 3 amide bonds. The van der Waals surface area contributed by atoms with E-state index in [0.717, 1.165) is 5.56 Å². The number of hydrogen-bond acceptors (Lipinski definition) is 5. The quantitative estimate of drug-likeness (QED) is 0.638. The summed E-state index contributed by atoms with van der Waals surface area (Å²) >= 11 is 6.33. The number of carbonyl (C=O) groups excluding carboxylic acids is 3. The first-order chi connectivity index (χ1) is 15.1. The van der Waals surface area contributed by atoms with E-state index in [9.17, 15) is 14.4 Å². The molecule has 2 aromatic rings. The summed E-state index contributed by atoms with van der Waals surface area (Å²) in [6, 6.07) is 13.4. The van der Waals surface area contributed by atoms with E-state index < -0.39 is 23.6 Å². The number of rotatable bonds is 5. The Bertz CT molecular complexity index is 991. The van der Waals surface area contributed by atoms with Crippen molar-refractivity contribution in [1.29, 1.82) is 0 Å². The van der Waals surface area contributed by atoms with Gasteiger partial charge < -0.3 is 20.7 Å². The van der Waals surface area contributed by atoms with Crippen molar-refractivity contribution in [3.63, 3.8) is 0 Å². The SMILES string of the molecule is CC(C)(C)NC(=O)CN1C(=O)[C@@H](NC(=O)OCc2ccccc2)CNc2c(Cl)cccc21. The molecule has 1 aliphatic heterocycles. The van der Waals surface area contributed by atoms with Crippen LogP contribution in [-0.2, 0) is 20.9 Å². The molecule has 3 N–H and O–H groups in total. The van der Waals surface area contributed by atoms with Gasteiger partial charge in [0.2, 0.25) is 5.91 Å². The van der Waals surface area contributed by atoms with Gasteiger partial charge in [0.05, 0.1) is 16.4 Å². The first-order valence-electron chi connectivity index (χ1n) is 10.3. The minimum Gasteiger partial charge on any atom is -0.445 e. The van der Waals surface area contributed by atoms with Crippen molar-refractivity contribution >= 4 is 40.9 Å². The second-order valence-electron chi connectivity index (χ2n) is 8.50. The van der Waals surface area contributed by atoms with Crippen LogP contribution in [0, 0.1) is 0 Å². The standard InChI is InChI=1S/C23H27ClN4O4/c1-23(2,3)27-19(29)13-28-18-11-7-10-16(24)20(18)25-12-17(21(28)30)26-22(31)32-14-15-8-5-4-6-9-15/h4-11,17,25H,12-14H2,1-3H3,(H,26,31)(H,27,29)/t17-/m0/s1. The molecule has 1 aliphatic rings. The monoisotopic (exact) mass is 458 g/mol. The highest BCUT2D eigenvalue weighted by Gasteiger charge is 2.34. The fraction of sp³-hybridized carbons (Fsp3) is 0.348. The summed E-state index contributed by atoms with van der Waals surface area (Å²) in [5, 5.41) is 8.96. The number of ether oxygens (including phenoxy) is 1. The lowest BCUT2D eigenvalue weighted by Crippen LogP contribution is -2.54. The molecule has 2 aromatic carbocycles. The van der Waals surface area contributed by atoms with Crippen LogP contribution in [0.15, 0.2) is 48.5 Å². The van der Waals surface area contributed by atoms with Crippen molar-refractivity contribution in [3.05, 3.63) is 59.1 Å². The third-order valence-electron chi connectivity index (χ3n) is 4.65.